The van der Waals surface area contributed by atoms with Crippen molar-refractivity contribution in [3.8, 4) is 11.5 Å². The molecule has 22 heavy (non-hydrogen) atoms. The molecule has 1 heterocycles. The molecule has 0 aliphatic carbocycles. The second-order valence-corrected chi connectivity index (χ2v) is 6.51. The average molecular weight is 307 g/mol. The van der Waals surface area contributed by atoms with Crippen molar-refractivity contribution in [2.24, 2.45) is 0 Å². The molecule has 0 bridgehead atoms. The third kappa shape index (κ3) is 3.08. The molecule has 1 aliphatic rings. The Bertz CT molecular complexity index is 495. The van der Waals surface area contributed by atoms with Crippen molar-refractivity contribution in [3.05, 3.63) is 23.8 Å². The van der Waals surface area contributed by atoms with E-state index in [-0.39, 0.29) is 6.04 Å². The van der Waals surface area contributed by atoms with E-state index in [0.29, 0.717) is 11.5 Å². The molecule has 0 fully saturated rings. The maximum Gasteiger partial charge on any atom is 0.167 e. The van der Waals surface area contributed by atoms with Crippen LogP contribution in [0.3, 0.4) is 0 Å². The van der Waals surface area contributed by atoms with E-state index < -0.39 is 11.7 Å². The van der Waals surface area contributed by atoms with Crippen molar-refractivity contribution in [2.45, 2.75) is 58.3 Å². The SMILES string of the molecule is CCCN(CCC)C1C(O)c2cccc(OC)c2OC1(C)C. The third-order valence-electron chi connectivity index (χ3n) is 4.34. The molecular formula is C18H29NO3. The topological polar surface area (TPSA) is 41.9 Å². The van der Waals surface area contributed by atoms with Crippen LogP contribution in [0.5, 0.6) is 11.5 Å². The van der Waals surface area contributed by atoms with E-state index in [4.69, 9.17) is 9.47 Å². The van der Waals surface area contributed by atoms with Gasteiger partial charge in [0.15, 0.2) is 11.5 Å². The zero-order chi connectivity index (χ0) is 16.3. The first-order valence-corrected chi connectivity index (χ1v) is 8.24. The van der Waals surface area contributed by atoms with Gasteiger partial charge in [0.2, 0.25) is 0 Å². The number of fused-ring (bicyclic) bond motifs is 1. The van der Waals surface area contributed by atoms with E-state index in [1.807, 2.05) is 18.2 Å². The van der Waals surface area contributed by atoms with Crippen LogP contribution in [-0.2, 0) is 0 Å². The summed E-state index contributed by atoms with van der Waals surface area (Å²) in [6.45, 7) is 10.4. The molecular weight excluding hydrogens is 278 g/mol. The lowest BCUT2D eigenvalue weighted by molar-refractivity contribution is -0.0837. The maximum atomic E-state index is 11.0. The Hall–Kier alpha value is -1.26. The number of rotatable bonds is 6. The smallest absolute Gasteiger partial charge is 0.167 e. The van der Waals surface area contributed by atoms with Crippen LogP contribution in [0.15, 0.2) is 18.2 Å². The van der Waals surface area contributed by atoms with Crippen LogP contribution in [0.2, 0.25) is 0 Å². The molecule has 1 N–H and O–H groups in total. The van der Waals surface area contributed by atoms with Crippen LogP contribution in [-0.4, -0.2) is 41.8 Å². The molecule has 0 amide bonds. The summed E-state index contributed by atoms with van der Waals surface area (Å²) < 4.78 is 11.7. The summed E-state index contributed by atoms with van der Waals surface area (Å²) >= 11 is 0. The number of hydrogen-bond donors (Lipinski definition) is 1. The van der Waals surface area contributed by atoms with Gasteiger partial charge >= 0.3 is 0 Å². The van der Waals surface area contributed by atoms with Crippen molar-refractivity contribution in [1.82, 2.24) is 4.90 Å². The molecule has 4 heteroatoms. The molecule has 1 aromatic rings. The minimum Gasteiger partial charge on any atom is -0.493 e. The van der Waals surface area contributed by atoms with E-state index in [1.165, 1.54) is 0 Å². The van der Waals surface area contributed by atoms with E-state index in [9.17, 15) is 5.11 Å². The number of benzene rings is 1. The largest absolute Gasteiger partial charge is 0.493 e. The Balaban J connectivity index is 2.43. The molecule has 2 atom stereocenters. The second-order valence-electron chi connectivity index (χ2n) is 6.51. The highest BCUT2D eigenvalue weighted by Crippen LogP contribution is 2.46. The highest BCUT2D eigenvalue weighted by Gasteiger charge is 2.46. The summed E-state index contributed by atoms with van der Waals surface area (Å²) in [5.41, 5.74) is 0.339. The van der Waals surface area contributed by atoms with Crippen LogP contribution >= 0.6 is 0 Å². The fourth-order valence-electron chi connectivity index (χ4n) is 3.51. The normalized spacial score (nSPS) is 23.0. The second kappa shape index (κ2) is 6.88. The average Bonchev–Trinajstić information content (AvgIpc) is 2.46. The molecule has 1 aromatic carbocycles. The molecule has 2 unspecified atom stereocenters. The number of hydrogen-bond acceptors (Lipinski definition) is 4. The van der Waals surface area contributed by atoms with E-state index >= 15 is 0 Å². The van der Waals surface area contributed by atoms with Crippen molar-refractivity contribution in [1.29, 1.82) is 0 Å². The van der Waals surface area contributed by atoms with Crippen molar-refractivity contribution >= 4 is 0 Å². The number of ether oxygens (including phenoxy) is 2. The van der Waals surface area contributed by atoms with Crippen molar-refractivity contribution in [2.75, 3.05) is 20.2 Å². The third-order valence-corrected chi connectivity index (χ3v) is 4.34. The Morgan fingerprint density at radius 2 is 1.86 bits per heavy atom. The fraction of sp³-hybridized carbons (Fsp3) is 0.667. The van der Waals surface area contributed by atoms with Gasteiger partial charge in [0, 0.05) is 5.56 Å². The molecule has 0 spiro atoms. The maximum absolute atomic E-state index is 11.0. The standard InChI is InChI=1S/C18H29NO3/c1-6-11-19(12-7-2)17-15(20)13-9-8-10-14(21-5)16(13)22-18(17,3)4/h8-10,15,17,20H,6-7,11-12H2,1-5H3. The van der Waals surface area contributed by atoms with Gasteiger partial charge in [-0.15, -0.1) is 0 Å². The van der Waals surface area contributed by atoms with Gasteiger partial charge < -0.3 is 14.6 Å². The number of aliphatic hydroxyl groups excluding tert-OH is 1. The van der Waals surface area contributed by atoms with E-state index in [1.54, 1.807) is 7.11 Å². The number of para-hydroxylation sites is 1. The predicted molar refractivity (Wildman–Crippen MR) is 88.6 cm³/mol. The lowest BCUT2D eigenvalue weighted by Crippen LogP contribution is -2.58. The van der Waals surface area contributed by atoms with Gasteiger partial charge in [-0.1, -0.05) is 26.0 Å². The minimum atomic E-state index is -0.577. The van der Waals surface area contributed by atoms with Crippen molar-refractivity contribution in [3.63, 3.8) is 0 Å². The first kappa shape index (κ1) is 17.1. The van der Waals surface area contributed by atoms with Gasteiger partial charge in [-0.2, -0.15) is 0 Å². The summed E-state index contributed by atoms with van der Waals surface area (Å²) in [7, 11) is 1.63. The molecule has 0 saturated carbocycles. The molecule has 0 aromatic heterocycles. The minimum absolute atomic E-state index is 0.0630. The lowest BCUT2D eigenvalue weighted by Gasteiger charge is -2.48. The fourth-order valence-corrected chi connectivity index (χ4v) is 3.51. The zero-order valence-corrected chi connectivity index (χ0v) is 14.4. The number of methoxy groups -OCH3 is 1. The summed E-state index contributed by atoms with van der Waals surface area (Å²) in [6, 6.07) is 5.65. The Morgan fingerprint density at radius 1 is 1.23 bits per heavy atom. The van der Waals surface area contributed by atoms with Crippen LogP contribution in [0.1, 0.15) is 52.2 Å². The van der Waals surface area contributed by atoms with Gasteiger partial charge in [0.25, 0.3) is 0 Å². The Labute approximate surface area is 134 Å². The number of aliphatic hydroxyl groups is 1. The molecule has 124 valence electrons. The summed E-state index contributed by atoms with van der Waals surface area (Å²) in [4.78, 5) is 2.35. The monoisotopic (exact) mass is 307 g/mol. The van der Waals surface area contributed by atoms with Gasteiger partial charge in [-0.3, -0.25) is 4.90 Å². The Morgan fingerprint density at radius 3 is 2.41 bits per heavy atom. The van der Waals surface area contributed by atoms with Gasteiger partial charge in [-0.25, -0.2) is 0 Å². The molecule has 2 rings (SSSR count). The summed E-state index contributed by atoms with van der Waals surface area (Å²) in [5.74, 6) is 1.35. The molecule has 0 saturated heterocycles. The number of nitrogens with zero attached hydrogens (tertiary/aromatic N) is 1. The van der Waals surface area contributed by atoms with Gasteiger partial charge in [-0.05, 0) is 45.8 Å². The van der Waals surface area contributed by atoms with E-state index in [2.05, 4.69) is 32.6 Å². The van der Waals surface area contributed by atoms with Crippen molar-refractivity contribution < 1.29 is 14.6 Å². The first-order chi connectivity index (χ1) is 10.5. The quantitative estimate of drug-likeness (QED) is 0.875. The van der Waals surface area contributed by atoms with Gasteiger partial charge in [0.05, 0.1) is 13.2 Å². The molecule has 0 radical (unpaired) electrons. The van der Waals surface area contributed by atoms with Gasteiger partial charge in [0.1, 0.15) is 11.7 Å². The molecule has 4 nitrogen and oxygen atoms in total. The zero-order valence-electron chi connectivity index (χ0n) is 14.4. The first-order valence-electron chi connectivity index (χ1n) is 8.24. The predicted octanol–water partition coefficient (Wildman–Crippen LogP) is 3.39. The molecule has 1 aliphatic heterocycles. The summed E-state index contributed by atoms with van der Waals surface area (Å²) in [5, 5.41) is 11.0. The summed E-state index contributed by atoms with van der Waals surface area (Å²) in [6.07, 6.45) is 1.54. The highest BCUT2D eigenvalue weighted by atomic mass is 16.5. The Kier molecular flexibility index (Phi) is 5.35. The van der Waals surface area contributed by atoms with Crippen LogP contribution in [0.4, 0.5) is 0 Å². The van der Waals surface area contributed by atoms with Crippen LogP contribution in [0, 0.1) is 0 Å². The van der Waals surface area contributed by atoms with E-state index in [0.717, 1.165) is 31.5 Å². The van der Waals surface area contributed by atoms with Crippen LogP contribution in [0.25, 0.3) is 0 Å². The highest BCUT2D eigenvalue weighted by molar-refractivity contribution is 5.50. The van der Waals surface area contributed by atoms with Crippen LogP contribution < -0.4 is 9.47 Å². The lowest BCUT2D eigenvalue weighted by atomic mass is 9.84.